The largest absolute Gasteiger partial charge is 0.488 e. The standard InChI is InChI=1S/C14H10BrCl2NO2/c15-11-5-8(14(18)19)2-4-13(11)20-7-9-1-3-10(16)6-12(9)17/h1-6H,7H2,(H2,18,19). The number of halogens is 3. The van der Waals surface area contributed by atoms with Gasteiger partial charge in [0.15, 0.2) is 0 Å². The van der Waals surface area contributed by atoms with Crippen molar-refractivity contribution >= 4 is 45.0 Å². The second kappa shape index (κ2) is 6.48. The van der Waals surface area contributed by atoms with Gasteiger partial charge in [0.25, 0.3) is 0 Å². The van der Waals surface area contributed by atoms with Gasteiger partial charge in [0.2, 0.25) is 5.91 Å². The lowest BCUT2D eigenvalue weighted by Crippen LogP contribution is -2.10. The molecular weight excluding hydrogens is 365 g/mol. The van der Waals surface area contributed by atoms with Crippen molar-refractivity contribution in [2.24, 2.45) is 5.73 Å². The lowest BCUT2D eigenvalue weighted by Gasteiger charge is -2.10. The van der Waals surface area contributed by atoms with Crippen molar-refractivity contribution in [1.82, 2.24) is 0 Å². The topological polar surface area (TPSA) is 52.3 Å². The maximum absolute atomic E-state index is 11.1. The summed E-state index contributed by atoms with van der Waals surface area (Å²) in [7, 11) is 0. The maximum Gasteiger partial charge on any atom is 0.248 e. The fraction of sp³-hybridized carbons (Fsp3) is 0.0714. The number of carbonyl (C=O) groups is 1. The lowest BCUT2D eigenvalue weighted by atomic mass is 10.2. The van der Waals surface area contributed by atoms with Gasteiger partial charge in [-0.2, -0.15) is 0 Å². The van der Waals surface area contributed by atoms with Gasteiger partial charge in [-0.15, -0.1) is 0 Å². The molecular formula is C14H10BrCl2NO2. The zero-order chi connectivity index (χ0) is 14.7. The molecule has 2 aromatic carbocycles. The molecule has 0 atom stereocenters. The first-order valence-corrected chi connectivity index (χ1v) is 7.18. The van der Waals surface area contributed by atoms with Crippen LogP contribution in [0.2, 0.25) is 10.0 Å². The Morgan fingerprint density at radius 2 is 1.95 bits per heavy atom. The van der Waals surface area contributed by atoms with E-state index in [0.29, 0.717) is 32.4 Å². The predicted octanol–water partition coefficient (Wildman–Crippen LogP) is 4.43. The monoisotopic (exact) mass is 373 g/mol. The first-order chi connectivity index (χ1) is 9.47. The summed E-state index contributed by atoms with van der Waals surface area (Å²) in [6.07, 6.45) is 0. The third-order valence-corrected chi connectivity index (χ3v) is 3.82. The normalized spacial score (nSPS) is 10.3. The molecule has 0 saturated heterocycles. The minimum atomic E-state index is -0.488. The Hall–Kier alpha value is -1.23. The highest BCUT2D eigenvalue weighted by atomic mass is 79.9. The number of amides is 1. The first kappa shape index (κ1) is 15.2. The number of rotatable bonds is 4. The highest BCUT2D eigenvalue weighted by Crippen LogP contribution is 2.28. The molecule has 0 heterocycles. The molecule has 20 heavy (non-hydrogen) atoms. The molecule has 0 aromatic heterocycles. The van der Waals surface area contributed by atoms with E-state index in [4.69, 9.17) is 33.7 Å². The number of carbonyl (C=O) groups excluding carboxylic acids is 1. The molecule has 0 fully saturated rings. The first-order valence-electron chi connectivity index (χ1n) is 5.63. The highest BCUT2D eigenvalue weighted by Gasteiger charge is 2.08. The van der Waals surface area contributed by atoms with Gasteiger partial charge in [0.05, 0.1) is 4.47 Å². The van der Waals surface area contributed by atoms with E-state index < -0.39 is 5.91 Å². The quantitative estimate of drug-likeness (QED) is 0.860. The summed E-state index contributed by atoms with van der Waals surface area (Å²) in [5, 5.41) is 1.12. The molecule has 0 unspecified atom stereocenters. The van der Waals surface area contributed by atoms with Gasteiger partial charge in [-0.25, -0.2) is 0 Å². The molecule has 0 aliphatic carbocycles. The van der Waals surface area contributed by atoms with Crippen LogP contribution in [-0.4, -0.2) is 5.91 Å². The Kier molecular flexibility index (Phi) is 4.91. The minimum Gasteiger partial charge on any atom is -0.488 e. The summed E-state index contributed by atoms with van der Waals surface area (Å²) in [6.45, 7) is 0.296. The number of hydrogen-bond acceptors (Lipinski definition) is 2. The minimum absolute atomic E-state index is 0.296. The van der Waals surface area contributed by atoms with E-state index in [2.05, 4.69) is 15.9 Å². The zero-order valence-electron chi connectivity index (χ0n) is 10.2. The molecule has 0 bridgehead atoms. The Bertz CT molecular complexity index is 662. The van der Waals surface area contributed by atoms with Gasteiger partial charge in [-0.3, -0.25) is 4.79 Å². The Morgan fingerprint density at radius 3 is 2.55 bits per heavy atom. The van der Waals surface area contributed by atoms with E-state index in [9.17, 15) is 4.79 Å². The number of hydrogen-bond donors (Lipinski definition) is 1. The number of nitrogens with two attached hydrogens (primary N) is 1. The van der Waals surface area contributed by atoms with Crippen LogP contribution >= 0.6 is 39.1 Å². The van der Waals surface area contributed by atoms with Crippen molar-refractivity contribution in [2.45, 2.75) is 6.61 Å². The van der Waals surface area contributed by atoms with Crippen LogP contribution in [0.1, 0.15) is 15.9 Å². The lowest BCUT2D eigenvalue weighted by molar-refractivity contribution is 0.1000. The SMILES string of the molecule is NC(=O)c1ccc(OCc2ccc(Cl)cc2Cl)c(Br)c1. The molecule has 2 rings (SSSR count). The molecule has 2 N–H and O–H groups in total. The van der Waals surface area contributed by atoms with Crippen molar-refractivity contribution in [2.75, 3.05) is 0 Å². The van der Waals surface area contributed by atoms with E-state index in [1.165, 1.54) is 0 Å². The fourth-order valence-corrected chi connectivity index (χ4v) is 2.52. The van der Waals surface area contributed by atoms with Crippen LogP contribution in [0.4, 0.5) is 0 Å². The Balaban J connectivity index is 2.13. The fourth-order valence-electron chi connectivity index (χ4n) is 1.57. The van der Waals surface area contributed by atoms with E-state index >= 15 is 0 Å². The van der Waals surface area contributed by atoms with Crippen molar-refractivity contribution in [3.05, 3.63) is 62.0 Å². The van der Waals surface area contributed by atoms with Crippen molar-refractivity contribution in [1.29, 1.82) is 0 Å². The van der Waals surface area contributed by atoms with Crippen molar-refractivity contribution < 1.29 is 9.53 Å². The van der Waals surface area contributed by atoms with Gasteiger partial charge < -0.3 is 10.5 Å². The second-order valence-corrected chi connectivity index (χ2v) is 5.73. The van der Waals surface area contributed by atoms with Crippen LogP contribution in [0.25, 0.3) is 0 Å². The van der Waals surface area contributed by atoms with Crippen molar-refractivity contribution in [3.8, 4) is 5.75 Å². The molecule has 3 nitrogen and oxygen atoms in total. The maximum atomic E-state index is 11.1. The van der Waals surface area contributed by atoms with Crippen LogP contribution < -0.4 is 10.5 Å². The second-order valence-electron chi connectivity index (χ2n) is 4.03. The van der Waals surface area contributed by atoms with E-state index in [1.54, 1.807) is 36.4 Å². The Morgan fingerprint density at radius 1 is 1.20 bits per heavy atom. The molecule has 0 radical (unpaired) electrons. The third-order valence-electron chi connectivity index (χ3n) is 2.61. The molecule has 2 aromatic rings. The van der Waals surface area contributed by atoms with Crippen LogP contribution in [0.3, 0.4) is 0 Å². The molecule has 0 aliphatic rings. The smallest absolute Gasteiger partial charge is 0.248 e. The van der Waals surface area contributed by atoms with Crippen LogP contribution in [-0.2, 0) is 6.61 Å². The number of primary amides is 1. The third kappa shape index (κ3) is 3.66. The number of benzene rings is 2. The molecule has 0 aliphatic heterocycles. The van der Waals surface area contributed by atoms with Gasteiger partial charge >= 0.3 is 0 Å². The molecule has 0 saturated carbocycles. The molecule has 1 amide bonds. The van der Waals surface area contributed by atoms with E-state index in [1.807, 2.05) is 0 Å². The number of ether oxygens (including phenoxy) is 1. The average molecular weight is 375 g/mol. The van der Waals surface area contributed by atoms with Crippen LogP contribution in [0, 0.1) is 0 Å². The van der Waals surface area contributed by atoms with Crippen LogP contribution in [0.5, 0.6) is 5.75 Å². The summed E-state index contributed by atoms with van der Waals surface area (Å²) in [5.41, 5.74) is 6.43. The molecule has 104 valence electrons. The van der Waals surface area contributed by atoms with Gasteiger partial charge in [-0.05, 0) is 46.3 Å². The summed E-state index contributed by atoms with van der Waals surface area (Å²) in [5.74, 6) is 0.110. The van der Waals surface area contributed by atoms with Gasteiger partial charge in [0, 0.05) is 21.2 Å². The predicted molar refractivity (Wildman–Crippen MR) is 83.5 cm³/mol. The summed E-state index contributed by atoms with van der Waals surface area (Å²) in [4.78, 5) is 11.1. The highest BCUT2D eigenvalue weighted by molar-refractivity contribution is 9.10. The molecule has 6 heteroatoms. The molecule has 0 spiro atoms. The van der Waals surface area contributed by atoms with Crippen LogP contribution in [0.15, 0.2) is 40.9 Å². The summed E-state index contributed by atoms with van der Waals surface area (Å²) < 4.78 is 6.30. The summed E-state index contributed by atoms with van der Waals surface area (Å²) >= 11 is 15.2. The van der Waals surface area contributed by atoms with E-state index in [-0.39, 0.29) is 0 Å². The van der Waals surface area contributed by atoms with E-state index in [0.717, 1.165) is 5.56 Å². The van der Waals surface area contributed by atoms with Crippen molar-refractivity contribution in [3.63, 3.8) is 0 Å². The van der Waals surface area contributed by atoms with Gasteiger partial charge in [-0.1, -0.05) is 29.3 Å². The average Bonchev–Trinajstić information content (AvgIpc) is 2.38. The Labute approximate surface area is 134 Å². The van der Waals surface area contributed by atoms with Gasteiger partial charge in [0.1, 0.15) is 12.4 Å². The summed E-state index contributed by atoms with van der Waals surface area (Å²) in [6, 6.07) is 10.1. The zero-order valence-corrected chi connectivity index (χ0v) is 13.3.